The maximum atomic E-state index is 13.5. The van der Waals surface area contributed by atoms with Gasteiger partial charge in [-0.25, -0.2) is 4.39 Å². The predicted molar refractivity (Wildman–Crippen MR) is 124 cm³/mol. The molecule has 4 aromatic rings. The summed E-state index contributed by atoms with van der Waals surface area (Å²) in [6, 6.07) is 11.4. The number of amides is 1. The van der Waals surface area contributed by atoms with Gasteiger partial charge in [0.2, 0.25) is 11.7 Å². The van der Waals surface area contributed by atoms with Crippen molar-refractivity contribution in [2.45, 2.75) is 43.8 Å². The highest BCUT2D eigenvalue weighted by molar-refractivity contribution is 7.98. The Hall–Kier alpha value is -2.91. The minimum atomic E-state index is -0.303. The second-order valence-corrected chi connectivity index (χ2v) is 9.01. The quantitative estimate of drug-likeness (QED) is 0.410. The number of thioether (sulfide) groups is 1. The van der Waals surface area contributed by atoms with E-state index in [2.05, 4.69) is 15.5 Å². The highest BCUT2D eigenvalue weighted by Gasteiger charge is 2.18. The number of aryl methyl sites for hydroxylation is 1. The molecule has 1 amide bonds. The van der Waals surface area contributed by atoms with Crippen LogP contribution < -0.4 is 10.9 Å². The summed E-state index contributed by atoms with van der Waals surface area (Å²) in [4.78, 5) is 25.4. The molecule has 2 aromatic heterocycles. The highest BCUT2D eigenvalue weighted by Crippen LogP contribution is 2.26. The van der Waals surface area contributed by atoms with Crippen molar-refractivity contribution in [1.29, 1.82) is 0 Å². The van der Waals surface area contributed by atoms with Crippen molar-refractivity contribution in [3.8, 4) is 0 Å². The molecule has 0 fully saturated rings. The third kappa shape index (κ3) is 4.63. The molecular weight excluding hydrogens is 453 g/mol. The van der Waals surface area contributed by atoms with Gasteiger partial charge in [0.15, 0.2) is 5.16 Å². The van der Waals surface area contributed by atoms with Crippen molar-refractivity contribution in [3.63, 3.8) is 0 Å². The Morgan fingerprint density at radius 1 is 1.22 bits per heavy atom. The number of nitrogens with zero attached hydrogens (tertiary/aromatic N) is 4. The molecule has 2 aromatic carbocycles. The van der Waals surface area contributed by atoms with Crippen LogP contribution in [-0.4, -0.2) is 31.1 Å². The molecule has 0 radical (unpaired) electrons. The lowest BCUT2D eigenvalue weighted by molar-refractivity contribution is -0.121. The molecule has 0 aliphatic rings. The van der Waals surface area contributed by atoms with Crippen LogP contribution >= 0.6 is 23.4 Å². The number of hydrogen-bond acceptors (Lipinski definition) is 5. The third-order valence-electron chi connectivity index (χ3n) is 4.80. The summed E-state index contributed by atoms with van der Waals surface area (Å²) >= 11 is 7.54. The van der Waals surface area contributed by atoms with Gasteiger partial charge in [0.1, 0.15) is 5.82 Å². The van der Waals surface area contributed by atoms with Gasteiger partial charge >= 0.3 is 0 Å². The molecule has 7 nitrogen and oxygen atoms in total. The van der Waals surface area contributed by atoms with Gasteiger partial charge < -0.3 is 5.32 Å². The number of fused-ring (bicyclic) bond motifs is 3. The van der Waals surface area contributed by atoms with E-state index in [0.29, 0.717) is 32.6 Å². The molecular formula is C22H21ClFN5O2S. The molecule has 10 heteroatoms. The molecule has 0 atom stereocenters. The van der Waals surface area contributed by atoms with Crippen LogP contribution in [0.2, 0.25) is 5.02 Å². The van der Waals surface area contributed by atoms with E-state index < -0.39 is 0 Å². The lowest BCUT2D eigenvalue weighted by Gasteiger charge is -2.12. The fourth-order valence-corrected chi connectivity index (χ4v) is 4.49. The van der Waals surface area contributed by atoms with Crippen LogP contribution in [0.15, 0.2) is 52.4 Å². The van der Waals surface area contributed by atoms with Gasteiger partial charge in [-0.2, -0.15) is 0 Å². The number of carbonyl (C=O) groups excluding carboxylic acids is 1. The van der Waals surface area contributed by atoms with Gasteiger partial charge in [-0.3, -0.25) is 18.6 Å². The summed E-state index contributed by atoms with van der Waals surface area (Å²) < 4.78 is 16.8. The average molecular weight is 474 g/mol. The lowest BCUT2D eigenvalue weighted by Crippen LogP contribution is -2.32. The summed E-state index contributed by atoms with van der Waals surface area (Å²) in [5.74, 6) is 0.354. The van der Waals surface area contributed by atoms with E-state index in [9.17, 15) is 14.0 Å². The molecule has 0 bridgehead atoms. The summed E-state index contributed by atoms with van der Waals surface area (Å²) in [6.07, 6.45) is 0.123. The molecule has 0 saturated carbocycles. The maximum Gasteiger partial charge on any atom is 0.262 e. The number of aromatic nitrogens is 4. The molecule has 0 spiro atoms. The zero-order valence-corrected chi connectivity index (χ0v) is 19.1. The minimum Gasteiger partial charge on any atom is -0.354 e. The first-order valence-electron chi connectivity index (χ1n) is 10.1. The number of rotatable bonds is 7. The molecule has 0 aliphatic carbocycles. The monoisotopic (exact) mass is 473 g/mol. The van der Waals surface area contributed by atoms with Gasteiger partial charge in [0.25, 0.3) is 5.56 Å². The topological polar surface area (TPSA) is 81.3 Å². The van der Waals surface area contributed by atoms with E-state index in [1.165, 1.54) is 28.5 Å². The Morgan fingerprint density at radius 2 is 2.03 bits per heavy atom. The van der Waals surface area contributed by atoms with Crippen LogP contribution in [0.4, 0.5) is 4.39 Å². The molecule has 2 heterocycles. The molecule has 0 saturated heterocycles. The maximum absolute atomic E-state index is 13.5. The molecule has 1 N–H and O–H groups in total. The SMILES string of the molecule is CC(C)NC(=O)CCn1c(=O)c2cc(Cl)ccc2n2c(SCc3cccc(F)c3)nnc12. The van der Waals surface area contributed by atoms with E-state index in [-0.39, 0.29) is 36.3 Å². The number of benzene rings is 2. The summed E-state index contributed by atoms with van der Waals surface area (Å²) in [5, 5.41) is 12.7. The minimum absolute atomic E-state index is 0.00793. The zero-order valence-electron chi connectivity index (χ0n) is 17.5. The first-order chi connectivity index (χ1) is 15.3. The predicted octanol–water partition coefficient (Wildman–Crippen LogP) is 4.04. The normalized spacial score (nSPS) is 11.5. The summed E-state index contributed by atoms with van der Waals surface area (Å²) in [7, 11) is 0. The van der Waals surface area contributed by atoms with Crippen molar-refractivity contribution in [1.82, 2.24) is 24.5 Å². The Bertz CT molecular complexity index is 1370. The Balaban J connectivity index is 1.76. The van der Waals surface area contributed by atoms with Crippen molar-refractivity contribution < 1.29 is 9.18 Å². The first kappa shape index (κ1) is 22.3. The van der Waals surface area contributed by atoms with E-state index in [1.807, 2.05) is 19.9 Å². The summed E-state index contributed by atoms with van der Waals surface area (Å²) in [6.45, 7) is 3.90. The van der Waals surface area contributed by atoms with Crippen LogP contribution in [0, 0.1) is 5.82 Å². The van der Waals surface area contributed by atoms with Gasteiger partial charge in [-0.1, -0.05) is 35.5 Å². The molecule has 0 aliphatic heterocycles. The van der Waals surface area contributed by atoms with Crippen LogP contribution in [-0.2, 0) is 17.1 Å². The smallest absolute Gasteiger partial charge is 0.262 e. The largest absolute Gasteiger partial charge is 0.354 e. The van der Waals surface area contributed by atoms with Gasteiger partial charge in [0.05, 0.1) is 10.9 Å². The molecule has 166 valence electrons. The van der Waals surface area contributed by atoms with E-state index in [4.69, 9.17) is 11.6 Å². The van der Waals surface area contributed by atoms with Crippen LogP contribution in [0.3, 0.4) is 0 Å². The Kier molecular flexibility index (Phi) is 6.48. The second-order valence-electron chi connectivity index (χ2n) is 7.63. The lowest BCUT2D eigenvalue weighted by atomic mass is 10.2. The standard InChI is InChI=1S/C22H21ClFN5O2S/c1-13(2)25-19(30)8-9-28-20(31)17-11-15(23)6-7-18(17)29-21(28)26-27-22(29)32-12-14-4-3-5-16(24)10-14/h3-7,10-11,13H,8-9,12H2,1-2H3,(H,25,30). The second kappa shape index (κ2) is 9.30. The number of hydrogen-bond donors (Lipinski definition) is 1. The highest BCUT2D eigenvalue weighted by atomic mass is 35.5. The molecule has 0 unspecified atom stereocenters. The van der Waals surface area contributed by atoms with E-state index >= 15 is 0 Å². The third-order valence-corrected chi connectivity index (χ3v) is 6.04. The van der Waals surface area contributed by atoms with Gasteiger partial charge in [0, 0.05) is 29.8 Å². The zero-order chi connectivity index (χ0) is 22.8. The van der Waals surface area contributed by atoms with Gasteiger partial charge in [-0.05, 0) is 49.7 Å². The fourth-order valence-electron chi connectivity index (χ4n) is 3.44. The number of nitrogens with one attached hydrogen (secondary N) is 1. The molecule has 4 rings (SSSR count). The van der Waals surface area contributed by atoms with E-state index in [0.717, 1.165) is 5.56 Å². The summed E-state index contributed by atoms with van der Waals surface area (Å²) in [5.41, 5.74) is 1.13. The van der Waals surface area contributed by atoms with Crippen molar-refractivity contribution in [3.05, 3.63) is 69.2 Å². The Morgan fingerprint density at radius 3 is 2.78 bits per heavy atom. The number of halogens is 2. The van der Waals surface area contributed by atoms with Crippen LogP contribution in [0.1, 0.15) is 25.8 Å². The van der Waals surface area contributed by atoms with E-state index in [1.54, 1.807) is 28.7 Å². The van der Waals surface area contributed by atoms with Crippen molar-refractivity contribution in [2.75, 3.05) is 0 Å². The average Bonchev–Trinajstić information content (AvgIpc) is 3.15. The van der Waals surface area contributed by atoms with Crippen LogP contribution in [0.5, 0.6) is 0 Å². The van der Waals surface area contributed by atoms with Crippen molar-refractivity contribution in [2.24, 2.45) is 0 Å². The fraction of sp³-hybridized carbons (Fsp3) is 0.273. The Labute approximate surface area is 192 Å². The first-order valence-corrected chi connectivity index (χ1v) is 11.4. The van der Waals surface area contributed by atoms with Gasteiger partial charge in [-0.15, -0.1) is 10.2 Å². The number of carbonyl (C=O) groups is 1. The van der Waals surface area contributed by atoms with Crippen molar-refractivity contribution >= 4 is 46.0 Å². The molecule has 32 heavy (non-hydrogen) atoms. The van der Waals surface area contributed by atoms with Crippen LogP contribution in [0.25, 0.3) is 16.7 Å².